The van der Waals surface area contributed by atoms with Crippen molar-refractivity contribution in [1.29, 1.82) is 0 Å². The van der Waals surface area contributed by atoms with E-state index in [2.05, 4.69) is 0 Å². The second-order valence-electron chi connectivity index (χ2n) is 7.49. The van der Waals surface area contributed by atoms with Gasteiger partial charge >= 0.3 is 0 Å². The highest BCUT2D eigenvalue weighted by Crippen LogP contribution is 2.05. The number of piperazine rings is 1. The van der Waals surface area contributed by atoms with Crippen LogP contribution in [0.25, 0.3) is 0 Å². The number of nitrogens with zero attached hydrogens (tertiary/aromatic N) is 3. The molecule has 0 aromatic heterocycles. The Balaban J connectivity index is 0.000000330. The molecule has 2 aliphatic rings. The molecule has 0 bridgehead atoms. The van der Waals surface area contributed by atoms with Gasteiger partial charge in [0.2, 0.25) is 0 Å². The zero-order chi connectivity index (χ0) is 24.4. The zero-order valence-corrected chi connectivity index (χ0v) is 20.1. The summed E-state index contributed by atoms with van der Waals surface area (Å²) < 4.78 is 93.8. The van der Waals surface area contributed by atoms with Crippen LogP contribution in [0.3, 0.4) is 0 Å². The fraction of sp³-hybridized carbons (Fsp3) is 1.00. The summed E-state index contributed by atoms with van der Waals surface area (Å²) in [6.45, 7) is 4.83. The van der Waals surface area contributed by atoms with Crippen LogP contribution in [0.4, 0.5) is 0 Å². The van der Waals surface area contributed by atoms with Gasteiger partial charge in [0.25, 0.3) is 30.4 Å². The van der Waals surface area contributed by atoms with Crippen molar-refractivity contribution >= 4 is 30.4 Å². The topological polar surface area (TPSA) is 202 Å². The summed E-state index contributed by atoms with van der Waals surface area (Å²) in [6, 6.07) is 0. The lowest BCUT2D eigenvalue weighted by atomic mass is 10.3. The standard InChI is InChI=1S/C8H18N2O6S2.C7H15NO5S/c11-17(12,13)7-5-9-1-2-10(4-3-9)6-8-18(14,15)16;9-7-6-13-4-3-8(7)2-1-5-14(10,11)12/h1-8H2,(H,11,12,13)(H,14,15,16);7,9H,1-6H2,(H,10,11,12). The van der Waals surface area contributed by atoms with Crippen LogP contribution in [0.2, 0.25) is 0 Å². The number of ether oxygens (including phenoxy) is 1. The van der Waals surface area contributed by atoms with Crippen LogP contribution < -0.4 is 0 Å². The highest BCUT2D eigenvalue weighted by atomic mass is 32.2. The van der Waals surface area contributed by atoms with Crippen molar-refractivity contribution in [3.8, 4) is 0 Å². The van der Waals surface area contributed by atoms with Gasteiger partial charge in [0.15, 0.2) is 0 Å². The summed E-state index contributed by atoms with van der Waals surface area (Å²) in [7, 11) is -11.8. The summed E-state index contributed by atoms with van der Waals surface area (Å²) in [5.74, 6) is -0.854. The molecule has 0 aromatic rings. The van der Waals surface area contributed by atoms with E-state index >= 15 is 0 Å². The van der Waals surface area contributed by atoms with Crippen LogP contribution >= 0.6 is 0 Å². The molecule has 2 aliphatic heterocycles. The number of hydrogen-bond donors (Lipinski definition) is 4. The van der Waals surface area contributed by atoms with Crippen molar-refractivity contribution in [2.45, 2.75) is 12.6 Å². The third-order valence-corrected chi connectivity index (χ3v) is 7.06. The normalized spacial score (nSPS) is 22.3. The first-order chi connectivity index (χ1) is 14.6. The molecule has 1 unspecified atom stereocenters. The first-order valence-corrected chi connectivity index (χ1v) is 14.8. The molecule has 0 radical (unpaired) electrons. The Morgan fingerprint density at radius 2 is 1.12 bits per heavy atom. The van der Waals surface area contributed by atoms with Gasteiger partial charge in [0.1, 0.15) is 6.23 Å². The maximum Gasteiger partial charge on any atom is 0.266 e. The quantitative estimate of drug-likeness (QED) is 0.214. The minimum absolute atomic E-state index is 0.256. The molecule has 2 fully saturated rings. The van der Waals surface area contributed by atoms with Gasteiger partial charge in [-0.2, -0.15) is 25.3 Å². The van der Waals surface area contributed by atoms with Crippen LogP contribution in [-0.4, -0.2) is 148 Å². The molecule has 2 saturated heterocycles. The largest absolute Gasteiger partial charge is 0.376 e. The molecule has 0 amide bonds. The molecular weight excluding hydrogens is 494 g/mol. The summed E-state index contributed by atoms with van der Waals surface area (Å²) in [5, 5.41) is 9.39. The number of morpholine rings is 1. The Morgan fingerprint density at radius 3 is 1.50 bits per heavy atom. The molecule has 0 saturated carbocycles. The van der Waals surface area contributed by atoms with E-state index in [-0.39, 0.29) is 37.0 Å². The van der Waals surface area contributed by atoms with Crippen molar-refractivity contribution in [3.05, 3.63) is 0 Å². The van der Waals surface area contributed by atoms with E-state index in [9.17, 15) is 30.4 Å². The Morgan fingerprint density at radius 1 is 0.688 bits per heavy atom. The average Bonchev–Trinajstić information content (AvgIpc) is 2.65. The summed E-state index contributed by atoms with van der Waals surface area (Å²) in [4.78, 5) is 5.50. The van der Waals surface area contributed by atoms with Crippen molar-refractivity contribution in [1.82, 2.24) is 14.7 Å². The lowest BCUT2D eigenvalue weighted by Crippen LogP contribution is -2.48. The number of hydrogen-bond acceptors (Lipinski definition) is 11. The van der Waals surface area contributed by atoms with E-state index in [0.717, 1.165) is 0 Å². The minimum Gasteiger partial charge on any atom is -0.376 e. The molecule has 0 aromatic carbocycles. The van der Waals surface area contributed by atoms with Gasteiger partial charge in [-0.3, -0.25) is 28.4 Å². The smallest absolute Gasteiger partial charge is 0.266 e. The molecule has 14 nitrogen and oxygen atoms in total. The molecule has 192 valence electrons. The molecule has 2 rings (SSSR count). The van der Waals surface area contributed by atoms with Crippen LogP contribution in [0.15, 0.2) is 0 Å². The van der Waals surface area contributed by atoms with Crippen LogP contribution in [-0.2, 0) is 35.1 Å². The van der Waals surface area contributed by atoms with Crippen molar-refractivity contribution in [3.63, 3.8) is 0 Å². The molecular formula is C15H33N3O11S3. The highest BCUT2D eigenvalue weighted by molar-refractivity contribution is 7.86. The van der Waals surface area contributed by atoms with E-state index in [1.54, 1.807) is 4.90 Å². The number of rotatable bonds is 10. The molecule has 4 N–H and O–H groups in total. The van der Waals surface area contributed by atoms with Crippen LogP contribution in [0.5, 0.6) is 0 Å². The SMILES string of the molecule is O=S(=O)(O)CCCN1CCOCC1O.O=S(=O)(O)CCN1CCN(CCS(=O)(=O)O)CC1. The Hall–Kier alpha value is -0.470. The number of aliphatic hydroxyl groups is 1. The third-order valence-electron chi connectivity index (χ3n) is 4.85. The summed E-state index contributed by atoms with van der Waals surface area (Å²) in [5.41, 5.74) is 0. The second kappa shape index (κ2) is 13.4. The van der Waals surface area contributed by atoms with Gasteiger partial charge in [-0.25, -0.2) is 0 Å². The van der Waals surface area contributed by atoms with Gasteiger partial charge in [0.05, 0.1) is 30.5 Å². The highest BCUT2D eigenvalue weighted by Gasteiger charge is 2.21. The van der Waals surface area contributed by atoms with Gasteiger partial charge < -0.3 is 9.84 Å². The minimum atomic E-state index is -3.93. The summed E-state index contributed by atoms with van der Waals surface area (Å²) in [6.07, 6.45) is -0.347. The van der Waals surface area contributed by atoms with Gasteiger partial charge in [-0.1, -0.05) is 0 Å². The molecule has 2 heterocycles. The van der Waals surface area contributed by atoms with E-state index in [0.29, 0.717) is 52.3 Å². The third kappa shape index (κ3) is 15.4. The van der Waals surface area contributed by atoms with E-state index < -0.39 is 36.6 Å². The predicted octanol–water partition coefficient (Wildman–Crippen LogP) is -2.71. The maximum absolute atomic E-state index is 10.6. The Labute approximate surface area is 189 Å². The Bertz CT molecular complexity index is 812. The number of aliphatic hydroxyl groups excluding tert-OH is 1. The monoisotopic (exact) mass is 527 g/mol. The van der Waals surface area contributed by atoms with Gasteiger partial charge in [0, 0.05) is 52.4 Å². The predicted molar refractivity (Wildman–Crippen MR) is 115 cm³/mol. The maximum atomic E-state index is 10.6. The van der Waals surface area contributed by atoms with E-state index in [1.165, 1.54) is 0 Å². The van der Waals surface area contributed by atoms with E-state index in [4.69, 9.17) is 18.4 Å². The fourth-order valence-corrected chi connectivity index (χ4v) is 4.53. The van der Waals surface area contributed by atoms with Crippen molar-refractivity contribution in [2.75, 3.05) is 82.8 Å². The molecule has 0 aliphatic carbocycles. The molecule has 32 heavy (non-hydrogen) atoms. The van der Waals surface area contributed by atoms with Gasteiger partial charge in [-0.15, -0.1) is 0 Å². The first kappa shape index (κ1) is 29.6. The molecule has 0 spiro atoms. The first-order valence-electron chi connectivity index (χ1n) is 9.95. The van der Waals surface area contributed by atoms with Gasteiger partial charge in [-0.05, 0) is 6.42 Å². The van der Waals surface area contributed by atoms with Crippen molar-refractivity contribution < 1.29 is 48.8 Å². The van der Waals surface area contributed by atoms with Crippen LogP contribution in [0.1, 0.15) is 6.42 Å². The zero-order valence-electron chi connectivity index (χ0n) is 17.7. The van der Waals surface area contributed by atoms with Crippen LogP contribution in [0, 0.1) is 0 Å². The fourth-order valence-electron chi connectivity index (χ4n) is 3.06. The lowest BCUT2D eigenvalue weighted by molar-refractivity contribution is -0.105. The van der Waals surface area contributed by atoms with E-state index in [1.807, 2.05) is 9.80 Å². The summed E-state index contributed by atoms with van der Waals surface area (Å²) >= 11 is 0. The second-order valence-corrected chi connectivity index (χ2v) is 12.2. The Kier molecular flexibility index (Phi) is 12.4. The van der Waals surface area contributed by atoms with Crippen molar-refractivity contribution in [2.24, 2.45) is 0 Å². The molecule has 1 atom stereocenters. The lowest BCUT2D eigenvalue weighted by Gasteiger charge is -2.34. The molecule has 17 heteroatoms. The average molecular weight is 528 g/mol.